The van der Waals surface area contributed by atoms with Gasteiger partial charge in [-0.1, -0.05) is 12.1 Å². The van der Waals surface area contributed by atoms with Gasteiger partial charge in [0.2, 0.25) is 0 Å². The summed E-state index contributed by atoms with van der Waals surface area (Å²) in [5.41, 5.74) is 2.47. The molecular formula is C24H21F3N2O3. The SMILES string of the molecule is O=C(O)CCN1CCc2nc(-c3ccc(OCc4cccc(F)c4F)cc3)c(F)cc2C1. The Morgan fingerprint density at radius 3 is 2.62 bits per heavy atom. The van der Waals surface area contributed by atoms with Gasteiger partial charge in [0.15, 0.2) is 11.6 Å². The highest BCUT2D eigenvalue weighted by molar-refractivity contribution is 5.67. The van der Waals surface area contributed by atoms with E-state index in [2.05, 4.69) is 4.98 Å². The zero-order valence-electron chi connectivity index (χ0n) is 17.2. The first-order valence-corrected chi connectivity index (χ1v) is 10.2. The number of nitrogens with zero attached hydrogens (tertiary/aromatic N) is 2. The van der Waals surface area contributed by atoms with Crippen LogP contribution in [0.1, 0.15) is 23.2 Å². The zero-order valence-corrected chi connectivity index (χ0v) is 17.2. The molecule has 0 unspecified atom stereocenters. The van der Waals surface area contributed by atoms with Crippen molar-refractivity contribution in [1.29, 1.82) is 0 Å². The van der Waals surface area contributed by atoms with E-state index in [1.807, 2.05) is 4.90 Å². The molecule has 0 saturated heterocycles. The Bertz CT molecular complexity index is 1140. The van der Waals surface area contributed by atoms with Crippen molar-refractivity contribution in [3.8, 4) is 17.0 Å². The normalized spacial score (nSPS) is 13.6. The van der Waals surface area contributed by atoms with Gasteiger partial charge < -0.3 is 9.84 Å². The second-order valence-corrected chi connectivity index (χ2v) is 7.62. The molecule has 3 aromatic rings. The van der Waals surface area contributed by atoms with Crippen LogP contribution in [0.2, 0.25) is 0 Å². The maximum Gasteiger partial charge on any atom is 0.304 e. The highest BCUT2D eigenvalue weighted by atomic mass is 19.2. The average molecular weight is 442 g/mol. The molecule has 2 aromatic carbocycles. The molecule has 0 radical (unpaired) electrons. The van der Waals surface area contributed by atoms with Gasteiger partial charge in [0, 0.05) is 42.9 Å². The largest absolute Gasteiger partial charge is 0.489 e. The van der Waals surface area contributed by atoms with Crippen molar-refractivity contribution < 1.29 is 27.8 Å². The lowest BCUT2D eigenvalue weighted by atomic mass is 10.0. The second-order valence-electron chi connectivity index (χ2n) is 7.62. The van der Waals surface area contributed by atoms with Crippen molar-refractivity contribution in [2.45, 2.75) is 26.0 Å². The predicted molar refractivity (Wildman–Crippen MR) is 112 cm³/mol. The van der Waals surface area contributed by atoms with E-state index in [1.54, 1.807) is 24.3 Å². The number of hydrogen-bond acceptors (Lipinski definition) is 4. The van der Waals surface area contributed by atoms with Crippen molar-refractivity contribution in [1.82, 2.24) is 9.88 Å². The van der Waals surface area contributed by atoms with Crippen LogP contribution in [0.4, 0.5) is 13.2 Å². The number of hydrogen-bond donors (Lipinski definition) is 1. The molecule has 1 aliphatic rings. The fourth-order valence-electron chi connectivity index (χ4n) is 3.68. The molecule has 0 spiro atoms. The maximum atomic E-state index is 14.8. The average Bonchev–Trinajstić information content (AvgIpc) is 2.78. The Morgan fingerprint density at radius 2 is 1.88 bits per heavy atom. The Labute approximate surface area is 183 Å². The number of fused-ring (bicyclic) bond motifs is 1. The molecule has 0 aliphatic carbocycles. The summed E-state index contributed by atoms with van der Waals surface area (Å²) in [5, 5.41) is 8.84. The first kappa shape index (κ1) is 21.8. The lowest BCUT2D eigenvalue weighted by Gasteiger charge is -2.28. The first-order valence-electron chi connectivity index (χ1n) is 10.2. The summed E-state index contributed by atoms with van der Waals surface area (Å²) in [5.74, 6) is -2.75. The third kappa shape index (κ3) is 4.91. The monoisotopic (exact) mass is 442 g/mol. The number of carboxylic acid groups (broad SMARTS) is 1. The Balaban J connectivity index is 1.45. The first-order chi connectivity index (χ1) is 15.4. The van der Waals surface area contributed by atoms with Crippen molar-refractivity contribution in [3.05, 3.63) is 82.8 Å². The van der Waals surface area contributed by atoms with Crippen LogP contribution in [-0.4, -0.2) is 34.0 Å². The maximum absolute atomic E-state index is 14.8. The standard InChI is InChI=1S/C24H21F3N2O3/c25-19-3-1-2-16(23(19)27)14-32-18-6-4-15(5-7-18)24-20(26)12-17-13-29(11-9-22(30)31)10-8-21(17)28-24/h1-7,12H,8-11,13-14H2,(H,30,31). The van der Waals surface area contributed by atoms with Gasteiger partial charge in [-0.2, -0.15) is 0 Å². The molecule has 2 heterocycles. The summed E-state index contributed by atoms with van der Waals surface area (Å²) < 4.78 is 47.3. The molecule has 4 rings (SSSR count). The minimum absolute atomic E-state index is 0.0452. The van der Waals surface area contributed by atoms with Crippen LogP contribution < -0.4 is 4.74 Å². The van der Waals surface area contributed by atoms with E-state index in [-0.39, 0.29) is 24.3 Å². The second kappa shape index (κ2) is 9.40. The molecule has 0 fully saturated rings. The number of carboxylic acids is 1. The van der Waals surface area contributed by atoms with Gasteiger partial charge in [-0.15, -0.1) is 0 Å². The molecule has 166 valence electrons. The van der Waals surface area contributed by atoms with Gasteiger partial charge in [-0.05, 0) is 42.0 Å². The van der Waals surface area contributed by atoms with Gasteiger partial charge in [0.1, 0.15) is 23.9 Å². The molecule has 1 aromatic heterocycles. The van der Waals surface area contributed by atoms with E-state index in [9.17, 15) is 18.0 Å². The topological polar surface area (TPSA) is 62.7 Å². The van der Waals surface area contributed by atoms with Crippen molar-refractivity contribution >= 4 is 5.97 Å². The molecular weight excluding hydrogens is 421 g/mol. The summed E-state index contributed by atoms with van der Waals surface area (Å²) in [6.45, 7) is 1.42. The summed E-state index contributed by atoms with van der Waals surface area (Å²) >= 11 is 0. The van der Waals surface area contributed by atoms with E-state index in [4.69, 9.17) is 9.84 Å². The van der Waals surface area contributed by atoms with E-state index in [0.29, 0.717) is 37.4 Å². The number of halogens is 3. The van der Waals surface area contributed by atoms with Crippen molar-refractivity contribution in [2.24, 2.45) is 0 Å². The van der Waals surface area contributed by atoms with Gasteiger partial charge >= 0.3 is 5.97 Å². The van der Waals surface area contributed by atoms with Crippen LogP contribution in [0, 0.1) is 17.5 Å². The zero-order chi connectivity index (χ0) is 22.7. The van der Waals surface area contributed by atoms with Crippen LogP contribution in [0.5, 0.6) is 5.75 Å². The van der Waals surface area contributed by atoms with Crippen LogP contribution >= 0.6 is 0 Å². The minimum Gasteiger partial charge on any atom is -0.489 e. The van der Waals surface area contributed by atoms with Crippen LogP contribution in [0.3, 0.4) is 0 Å². The quantitative estimate of drug-likeness (QED) is 0.581. The summed E-state index contributed by atoms with van der Waals surface area (Å²) in [6.07, 6.45) is 0.659. The molecule has 0 bridgehead atoms. The van der Waals surface area contributed by atoms with Gasteiger partial charge in [0.25, 0.3) is 0 Å². The van der Waals surface area contributed by atoms with Crippen molar-refractivity contribution in [3.63, 3.8) is 0 Å². The fourth-order valence-corrected chi connectivity index (χ4v) is 3.68. The van der Waals surface area contributed by atoms with E-state index >= 15 is 0 Å². The molecule has 0 atom stereocenters. The van der Waals surface area contributed by atoms with E-state index < -0.39 is 23.4 Å². The number of rotatable bonds is 7. The van der Waals surface area contributed by atoms with Gasteiger partial charge in [-0.3, -0.25) is 9.69 Å². The predicted octanol–water partition coefficient (Wildman–Crippen LogP) is 4.58. The van der Waals surface area contributed by atoms with Gasteiger partial charge in [-0.25, -0.2) is 18.2 Å². The molecule has 5 nitrogen and oxygen atoms in total. The number of pyridine rings is 1. The highest BCUT2D eigenvalue weighted by Gasteiger charge is 2.21. The molecule has 0 amide bonds. The molecule has 1 N–H and O–H groups in total. The van der Waals surface area contributed by atoms with Crippen molar-refractivity contribution in [2.75, 3.05) is 13.1 Å². The number of carbonyl (C=O) groups is 1. The summed E-state index contributed by atoms with van der Waals surface area (Å²) in [7, 11) is 0. The lowest BCUT2D eigenvalue weighted by molar-refractivity contribution is -0.137. The minimum atomic E-state index is -0.939. The number of aliphatic carboxylic acids is 1. The van der Waals surface area contributed by atoms with Gasteiger partial charge in [0.05, 0.1) is 6.42 Å². The molecule has 1 aliphatic heterocycles. The Hall–Kier alpha value is -3.39. The molecule has 0 saturated carbocycles. The summed E-state index contributed by atoms with van der Waals surface area (Å²) in [6, 6.07) is 11.9. The Morgan fingerprint density at radius 1 is 1.09 bits per heavy atom. The van der Waals surface area contributed by atoms with Crippen LogP contribution in [0.25, 0.3) is 11.3 Å². The van der Waals surface area contributed by atoms with E-state index in [1.165, 1.54) is 18.2 Å². The number of ether oxygens (including phenoxy) is 1. The molecule has 32 heavy (non-hydrogen) atoms. The highest BCUT2D eigenvalue weighted by Crippen LogP contribution is 2.28. The third-order valence-electron chi connectivity index (χ3n) is 5.40. The third-order valence-corrected chi connectivity index (χ3v) is 5.40. The summed E-state index contributed by atoms with van der Waals surface area (Å²) in [4.78, 5) is 17.3. The molecule has 8 heteroatoms. The van der Waals surface area contributed by atoms with Crippen LogP contribution in [-0.2, 0) is 24.4 Å². The smallest absolute Gasteiger partial charge is 0.304 e. The number of benzene rings is 2. The lowest BCUT2D eigenvalue weighted by Crippen LogP contribution is -2.33. The van der Waals surface area contributed by atoms with E-state index in [0.717, 1.165) is 17.3 Å². The number of aromatic nitrogens is 1. The van der Waals surface area contributed by atoms with Crippen LogP contribution in [0.15, 0.2) is 48.5 Å². The fraction of sp³-hybridized carbons (Fsp3) is 0.250. The Kier molecular flexibility index (Phi) is 6.41.